The molecule has 0 amide bonds. The summed E-state index contributed by atoms with van der Waals surface area (Å²) in [6, 6.07) is 52.9. The molecule has 0 bridgehead atoms. The lowest BCUT2D eigenvalue weighted by atomic mass is 9.94. The highest BCUT2D eigenvalue weighted by atomic mass is 16.5. The Labute approximate surface area is 268 Å². The molecule has 7 aromatic carbocycles. The molecule has 1 aromatic heterocycles. The maximum atomic E-state index is 6.12. The zero-order chi connectivity index (χ0) is 30.8. The van der Waals surface area contributed by atoms with Crippen molar-refractivity contribution in [2.24, 2.45) is 4.99 Å². The average molecular weight is 593 g/mol. The summed E-state index contributed by atoms with van der Waals surface area (Å²) in [5.74, 6) is 0.725. The van der Waals surface area contributed by atoms with Crippen molar-refractivity contribution in [1.82, 2.24) is 4.57 Å². The number of benzene rings is 7. The van der Waals surface area contributed by atoms with Gasteiger partial charge in [0.25, 0.3) is 0 Å². The predicted molar refractivity (Wildman–Crippen MR) is 193 cm³/mol. The molecule has 2 heterocycles. The van der Waals surface area contributed by atoms with Crippen LogP contribution >= 0.6 is 0 Å². The second kappa shape index (κ2) is 10.2. The first-order valence-corrected chi connectivity index (χ1v) is 15.9. The van der Waals surface area contributed by atoms with Crippen molar-refractivity contribution in [2.45, 2.75) is 19.4 Å². The minimum Gasteiger partial charge on any atom is -0.469 e. The molecule has 220 valence electrons. The molecule has 0 saturated carbocycles. The second-order valence-corrected chi connectivity index (χ2v) is 12.9. The van der Waals surface area contributed by atoms with Crippen molar-refractivity contribution in [3.8, 4) is 27.9 Å². The first-order valence-electron chi connectivity index (χ1n) is 15.9. The van der Waals surface area contributed by atoms with Crippen molar-refractivity contribution in [2.75, 3.05) is 6.54 Å². The van der Waals surface area contributed by atoms with E-state index in [-0.39, 0.29) is 5.60 Å². The molecular formula is C43H32N2O. The Balaban J connectivity index is 1.28. The van der Waals surface area contributed by atoms with Crippen LogP contribution < -0.4 is 0 Å². The molecule has 0 atom stereocenters. The van der Waals surface area contributed by atoms with E-state index < -0.39 is 0 Å². The number of aliphatic imine (C=N–C) groups is 1. The van der Waals surface area contributed by atoms with Crippen molar-refractivity contribution in [3.05, 3.63) is 151 Å². The van der Waals surface area contributed by atoms with Gasteiger partial charge in [0.05, 0.1) is 17.6 Å². The number of fused-ring (bicyclic) bond motifs is 6. The number of nitrogens with zero attached hydrogens (tertiary/aromatic N) is 2. The molecule has 9 rings (SSSR count). The van der Waals surface area contributed by atoms with Gasteiger partial charge in [-0.1, -0.05) is 103 Å². The average Bonchev–Trinajstić information content (AvgIpc) is 3.64. The second-order valence-electron chi connectivity index (χ2n) is 12.9. The molecule has 0 radical (unpaired) electrons. The van der Waals surface area contributed by atoms with Gasteiger partial charge in [-0.15, -0.1) is 0 Å². The zero-order valence-corrected chi connectivity index (χ0v) is 25.9. The molecule has 8 aromatic rings. The minimum absolute atomic E-state index is 0.256. The van der Waals surface area contributed by atoms with Gasteiger partial charge in [-0.2, -0.15) is 0 Å². The number of hydrogen-bond acceptors (Lipinski definition) is 2. The lowest BCUT2D eigenvalue weighted by molar-refractivity contribution is 0.131. The monoisotopic (exact) mass is 592 g/mol. The van der Waals surface area contributed by atoms with Crippen molar-refractivity contribution >= 4 is 49.2 Å². The number of aromatic nitrogens is 1. The molecule has 0 aliphatic carbocycles. The normalized spacial score (nSPS) is 14.3. The Hall–Kier alpha value is -5.67. The van der Waals surface area contributed by atoms with Crippen LogP contribution in [0.15, 0.2) is 151 Å². The van der Waals surface area contributed by atoms with Gasteiger partial charge in [-0.05, 0) is 100 Å². The molecule has 0 unspecified atom stereocenters. The standard InChI is InChI=1S/C43H32N2O/c1-43(2)27-44-42(46-43)30-19-17-29(18-20-30)38-26-40-41(36-15-9-8-14-35(36)38)37-23-22-33(25-39(37)45(40)34-12-4-3-5-13-34)32-21-16-28-10-6-7-11-31(28)24-32/h3-26H,27H2,1-2H3. The molecule has 0 N–H and O–H groups in total. The molecule has 3 nitrogen and oxygen atoms in total. The molecule has 46 heavy (non-hydrogen) atoms. The fourth-order valence-corrected chi connectivity index (χ4v) is 7.05. The summed E-state index contributed by atoms with van der Waals surface area (Å²) in [7, 11) is 0. The van der Waals surface area contributed by atoms with E-state index in [1.165, 1.54) is 65.6 Å². The van der Waals surface area contributed by atoms with Crippen LogP contribution in [-0.4, -0.2) is 22.6 Å². The summed E-state index contributed by atoms with van der Waals surface area (Å²) >= 11 is 0. The van der Waals surface area contributed by atoms with E-state index in [2.05, 4.69) is 169 Å². The smallest absolute Gasteiger partial charge is 0.216 e. The molecule has 0 saturated heterocycles. The molecule has 1 aliphatic heterocycles. The SMILES string of the molecule is CC1(C)CN=C(c2ccc(-c3cc4c(c5ccccc35)c3ccc(-c5ccc6ccccc6c5)cc3n4-c3ccccc3)cc2)O1. The van der Waals surface area contributed by atoms with Crippen LogP contribution in [-0.2, 0) is 4.74 Å². The van der Waals surface area contributed by atoms with E-state index in [1.54, 1.807) is 0 Å². The third-order valence-corrected chi connectivity index (χ3v) is 9.29. The highest BCUT2D eigenvalue weighted by Gasteiger charge is 2.28. The van der Waals surface area contributed by atoms with Crippen LogP contribution in [0.5, 0.6) is 0 Å². The Morgan fingerprint density at radius 2 is 1.20 bits per heavy atom. The fourth-order valence-electron chi connectivity index (χ4n) is 7.05. The summed E-state index contributed by atoms with van der Waals surface area (Å²) in [6.45, 7) is 4.84. The molecule has 3 heteroatoms. The summed E-state index contributed by atoms with van der Waals surface area (Å²) in [5.41, 5.74) is 9.10. The van der Waals surface area contributed by atoms with Crippen molar-refractivity contribution in [1.29, 1.82) is 0 Å². The largest absolute Gasteiger partial charge is 0.469 e. The Bertz CT molecular complexity index is 2480. The lowest BCUT2D eigenvalue weighted by Crippen LogP contribution is -2.24. The zero-order valence-electron chi connectivity index (χ0n) is 25.9. The first-order chi connectivity index (χ1) is 22.5. The third-order valence-electron chi connectivity index (χ3n) is 9.29. The number of para-hydroxylation sites is 1. The Morgan fingerprint density at radius 1 is 0.543 bits per heavy atom. The Morgan fingerprint density at radius 3 is 1.98 bits per heavy atom. The molecular weight excluding hydrogens is 560 g/mol. The van der Waals surface area contributed by atoms with Crippen LogP contribution in [0.4, 0.5) is 0 Å². The first kappa shape index (κ1) is 26.7. The van der Waals surface area contributed by atoms with E-state index in [0.717, 1.165) is 17.1 Å². The highest BCUT2D eigenvalue weighted by Crippen LogP contribution is 2.42. The van der Waals surface area contributed by atoms with Gasteiger partial charge in [-0.25, -0.2) is 4.99 Å². The number of ether oxygens (including phenoxy) is 1. The predicted octanol–water partition coefficient (Wildman–Crippen LogP) is 11.0. The Kier molecular flexibility index (Phi) is 5.91. The fraction of sp³-hybridized carbons (Fsp3) is 0.0930. The van der Waals surface area contributed by atoms with Crippen LogP contribution in [0.25, 0.3) is 71.3 Å². The third kappa shape index (κ3) is 4.31. The van der Waals surface area contributed by atoms with Gasteiger partial charge < -0.3 is 9.30 Å². The maximum Gasteiger partial charge on any atom is 0.216 e. The maximum absolute atomic E-state index is 6.12. The highest BCUT2D eigenvalue weighted by molar-refractivity contribution is 6.24. The van der Waals surface area contributed by atoms with Gasteiger partial charge in [0.15, 0.2) is 0 Å². The van der Waals surface area contributed by atoms with Crippen molar-refractivity contribution in [3.63, 3.8) is 0 Å². The van der Waals surface area contributed by atoms with Gasteiger partial charge in [0, 0.05) is 22.0 Å². The summed E-state index contributed by atoms with van der Waals surface area (Å²) in [6.07, 6.45) is 0. The van der Waals surface area contributed by atoms with Crippen LogP contribution in [0.1, 0.15) is 19.4 Å². The molecule has 1 aliphatic rings. The van der Waals surface area contributed by atoms with E-state index in [4.69, 9.17) is 4.74 Å². The van der Waals surface area contributed by atoms with E-state index in [1.807, 2.05) is 0 Å². The van der Waals surface area contributed by atoms with Crippen LogP contribution in [0.3, 0.4) is 0 Å². The number of rotatable bonds is 4. The van der Waals surface area contributed by atoms with Gasteiger partial charge in [0.1, 0.15) is 5.60 Å². The van der Waals surface area contributed by atoms with E-state index in [0.29, 0.717) is 6.54 Å². The van der Waals surface area contributed by atoms with Crippen LogP contribution in [0, 0.1) is 0 Å². The summed E-state index contributed by atoms with van der Waals surface area (Å²) in [5, 5.41) is 7.52. The lowest BCUT2D eigenvalue weighted by Gasteiger charge is -2.17. The molecule has 0 fully saturated rings. The summed E-state index contributed by atoms with van der Waals surface area (Å²) in [4.78, 5) is 4.66. The number of hydrogen-bond donors (Lipinski definition) is 0. The summed E-state index contributed by atoms with van der Waals surface area (Å²) < 4.78 is 8.55. The van der Waals surface area contributed by atoms with Gasteiger partial charge in [0.2, 0.25) is 5.90 Å². The van der Waals surface area contributed by atoms with E-state index in [9.17, 15) is 0 Å². The van der Waals surface area contributed by atoms with Gasteiger partial charge >= 0.3 is 0 Å². The molecule has 0 spiro atoms. The van der Waals surface area contributed by atoms with Crippen LogP contribution in [0.2, 0.25) is 0 Å². The topological polar surface area (TPSA) is 26.5 Å². The quantitative estimate of drug-likeness (QED) is 0.200. The minimum atomic E-state index is -0.256. The van der Waals surface area contributed by atoms with Crippen molar-refractivity contribution < 1.29 is 4.74 Å². The van der Waals surface area contributed by atoms with E-state index >= 15 is 0 Å². The van der Waals surface area contributed by atoms with Gasteiger partial charge in [-0.3, -0.25) is 0 Å².